The molecule has 0 saturated carbocycles. The van der Waals surface area contributed by atoms with Crippen LogP contribution in [0.25, 0.3) is 16.3 Å². The van der Waals surface area contributed by atoms with Gasteiger partial charge in [-0.05, 0) is 17.7 Å². The molecule has 1 aromatic heterocycles. The second-order valence-electron chi connectivity index (χ2n) is 6.47. The zero-order valence-electron chi connectivity index (χ0n) is 14.3. The fourth-order valence-corrected chi connectivity index (χ4v) is 4.22. The first-order chi connectivity index (χ1) is 12.4. The number of fused-ring (bicyclic) bond motifs is 1. The molecule has 0 aliphatic carbocycles. The Bertz CT molecular complexity index is 799. The van der Waals surface area contributed by atoms with Crippen molar-refractivity contribution in [2.24, 2.45) is 0 Å². The Morgan fingerprint density at radius 3 is 2.40 bits per heavy atom. The molecular formula is C21H23N3S. The maximum Gasteiger partial charge on any atom is 0.108 e. The number of thiazole rings is 1. The van der Waals surface area contributed by atoms with Gasteiger partial charge in [0.2, 0.25) is 0 Å². The van der Waals surface area contributed by atoms with Crippen LogP contribution in [-0.2, 0) is 6.54 Å². The molecule has 4 heteroatoms. The second kappa shape index (κ2) is 7.91. The minimum Gasteiger partial charge on any atom is -0.297 e. The van der Waals surface area contributed by atoms with Crippen molar-refractivity contribution in [1.82, 2.24) is 14.8 Å². The summed E-state index contributed by atoms with van der Waals surface area (Å²) in [5.74, 6) is 0. The highest BCUT2D eigenvalue weighted by molar-refractivity contribution is 7.18. The molecular weight excluding hydrogens is 326 g/mol. The molecule has 0 spiro atoms. The lowest BCUT2D eigenvalue weighted by Crippen LogP contribution is -2.45. The van der Waals surface area contributed by atoms with Gasteiger partial charge in [0.15, 0.2) is 0 Å². The van der Waals surface area contributed by atoms with Gasteiger partial charge in [0.1, 0.15) is 5.01 Å². The van der Waals surface area contributed by atoms with E-state index >= 15 is 0 Å². The second-order valence-corrected chi connectivity index (χ2v) is 7.58. The van der Waals surface area contributed by atoms with Crippen LogP contribution in [-0.4, -0.2) is 47.5 Å². The molecule has 128 valence electrons. The van der Waals surface area contributed by atoms with E-state index in [2.05, 4.69) is 76.5 Å². The van der Waals surface area contributed by atoms with Gasteiger partial charge in [-0.2, -0.15) is 0 Å². The summed E-state index contributed by atoms with van der Waals surface area (Å²) in [4.78, 5) is 9.81. The molecule has 2 aromatic carbocycles. The molecule has 0 amide bonds. The number of hydrogen-bond acceptors (Lipinski definition) is 4. The van der Waals surface area contributed by atoms with Crippen LogP contribution in [0.4, 0.5) is 0 Å². The van der Waals surface area contributed by atoms with Crippen LogP contribution in [0, 0.1) is 0 Å². The highest BCUT2D eigenvalue weighted by Crippen LogP contribution is 2.23. The number of aromatic nitrogens is 1. The molecule has 4 rings (SSSR count). The Morgan fingerprint density at radius 1 is 0.880 bits per heavy atom. The van der Waals surface area contributed by atoms with Gasteiger partial charge in [0.25, 0.3) is 0 Å². The van der Waals surface area contributed by atoms with Crippen LogP contribution >= 0.6 is 11.3 Å². The van der Waals surface area contributed by atoms with E-state index in [1.54, 1.807) is 0 Å². The van der Waals surface area contributed by atoms with Gasteiger partial charge in [0, 0.05) is 32.7 Å². The Balaban J connectivity index is 1.26. The third-order valence-corrected chi connectivity index (χ3v) is 5.66. The standard InChI is InChI=1S/C21H23N3S/c1-2-7-18(8-3-1)9-6-12-23-13-15-24(16-14-23)17-21-22-19-10-4-5-11-20(19)25-21/h1-11H,12-17H2/b9-6-. The molecule has 25 heavy (non-hydrogen) atoms. The van der Waals surface area contributed by atoms with Crippen molar-refractivity contribution in [3.05, 3.63) is 71.2 Å². The van der Waals surface area contributed by atoms with Crippen molar-refractivity contribution in [1.29, 1.82) is 0 Å². The summed E-state index contributed by atoms with van der Waals surface area (Å²) in [6, 6.07) is 18.9. The van der Waals surface area contributed by atoms with E-state index < -0.39 is 0 Å². The number of nitrogens with zero attached hydrogens (tertiary/aromatic N) is 3. The Morgan fingerprint density at radius 2 is 1.60 bits per heavy atom. The first-order valence-electron chi connectivity index (χ1n) is 8.87. The molecule has 0 atom stereocenters. The average molecular weight is 350 g/mol. The summed E-state index contributed by atoms with van der Waals surface area (Å²) in [6.45, 7) is 6.51. The Labute approximate surface area is 153 Å². The maximum absolute atomic E-state index is 4.76. The number of rotatable bonds is 5. The summed E-state index contributed by atoms with van der Waals surface area (Å²) in [5.41, 5.74) is 2.41. The van der Waals surface area contributed by atoms with E-state index in [-0.39, 0.29) is 0 Å². The van der Waals surface area contributed by atoms with E-state index in [0.717, 1.165) is 44.8 Å². The van der Waals surface area contributed by atoms with Crippen molar-refractivity contribution in [2.75, 3.05) is 32.7 Å². The monoisotopic (exact) mass is 349 g/mol. The summed E-state index contributed by atoms with van der Waals surface area (Å²) < 4.78 is 1.29. The van der Waals surface area contributed by atoms with Gasteiger partial charge >= 0.3 is 0 Å². The third kappa shape index (κ3) is 4.34. The first-order valence-corrected chi connectivity index (χ1v) is 9.69. The molecule has 2 heterocycles. The quantitative estimate of drug-likeness (QED) is 0.690. The molecule has 0 radical (unpaired) electrons. The summed E-state index contributed by atoms with van der Waals surface area (Å²) in [7, 11) is 0. The van der Waals surface area contributed by atoms with Gasteiger partial charge in [0.05, 0.1) is 16.8 Å². The van der Waals surface area contributed by atoms with Gasteiger partial charge in [-0.3, -0.25) is 9.80 Å². The van der Waals surface area contributed by atoms with E-state index in [1.165, 1.54) is 15.3 Å². The van der Waals surface area contributed by atoms with Gasteiger partial charge in [-0.25, -0.2) is 4.98 Å². The number of benzene rings is 2. The van der Waals surface area contributed by atoms with Crippen molar-refractivity contribution in [3.63, 3.8) is 0 Å². The molecule has 1 aliphatic heterocycles. The van der Waals surface area contributed by atoms with Crippen LogP contribution in [0.5, 0.6) is 0 Å². The molecule has 1 aliphatic rings. The van der Waals surface area contributed by atoms with Crippen LogP contribution in [0.15, 0.2) is 60.7 Å². The van der Waals surface area contributed by atoms with Crippen LogP contribution in [0.1, 0.15) is 10.6 Å². The van der Waals surface area contributed by atoms with Crippen molar-refractivity contribution < 1.29 is 0 Å². The first kappa shape index (κ1) is 16.5. The lowest BCUT2D eigenvalue weighted by Gasteiger charge is -2.33. The number of hydrogen-bond donors (Lipinski definition) is 0. The predicted octanol–water partition coefficient (Wildman–Crippen LogP) is 4.13. The number of piperazine rings is 1. The molecule has 1 saturated heterocycles. The van der Waals surface area contributed by atoms with Crippen LogP contribution in [0.3, 0.4) is 0 Å². The highest BCUT2D eigenvalue weighted by atomic mass is 32.1. The lowest BCUT2D eigenvalue weighted by molar-refractivity contribution is 0.137. The largest absolute Gasteiger partial charge is 0.297 e. The Hall–Kier alpha value is -2.01. The molecule has 3 nitrogen and oxygen atoms in total. The highest BCUT2D eigenvalue weighted by Gasteiger charge is 2.17. The third-order valence-electron chi connectivity index (χ3n) is 4.64. The number of para-hydroxylation sites is 1. The minimum absolute atomic E-state index is 0.979. The fraction of sp³-hybridized carbons (Fsp3) is 0.286. The van der Waals surface area contributed by atoms with Crippen LogP contribution < -0.4 is 0 Å². The molecule has 1 fully saturated rings. The van der Waals surface area contributed by atoms with Gasteiger partial charge in [-0.1, -0.05) is 54.6 Å². The predicted molar refractivity (Wildman–Crippen MR) is 107 cm³/mol. The average Bonchev–Trinajstić information content (AvgIpc) is 3.06. The normalized spacial score (nSPS) is 16.8. The molecule has 0 unspecified atom stereocenters. The van der Waals surface area contributed by atoms with Crippen molar-refractivity contribution >= 4 is 27.6 Å². The zero-order chi connectivity index (χ0) is 16.9. The summed E-state index contributed by atoms with van der Waals surface area (Å²) in [5, 5.41) is 1.23. The Kier molecular flexibility index (Phi) is 5.21. The smallest absolute Gasteiger partial charge is 0.108 e. The minimum atomic E-state index is 0.979. The lowest BCUT2D eigenvalue weighted by atomic mass is 10.2. The van der Waals surface area contributed by atoms with Gasteiger partial charge in [-0.15, -0.1) is 11.3 Å². The van der Waals surface area contributed by atoms with E-state index in [1.807, 2.05) is 11.3 Å². The SMILES string of the molecule is C(=C/c1ccccc1)/CN1CCN(Cc2nc3ccccc3s2)CC1. The van der Waals surface area contributed by atoms with Crippen LogP contribution in [0.2, 0.25) is 0 Å². The van der Waals surface area contributed by atoms with Crippen molar-refractivity contribution in [3.8, 4) is 0 Å². The van der Waals surface area contributed by atoms with Crippen molar-refractivity contribution in [2.45, 2.75) is 6.54 Å². The maximum atomic E-state index is 4.76. The summed E-state index contributed by atoms with van der Waals surface area (Å²) in [6.07, 6.45) is 4.49. The van der Waals surface area contributed by atoms with E-state index in [0.29, 0.717) is 0 Å². The van der Waals surface area contributed by atoms with Gasteiger partial charge < -0.3 is 0 Å². The van der Waals surface area contributed by atoms with E-state index in [9.17, 15) is 0 Å². The molecule has 0 bridgehead atoms. The molecule has 0 N–H and O–H groups in total. The summed E-state index contributed by atoms with van der Waals surface area (Å²) >= 11 is 1.83. The van der Waals surface area contributed by atoms with E-state index in [4.69, 9.17) is 4.98 Å². The molecule has 3 aromatic rings. The fourth-order valence-electron chi connectivity index (χ4n) is 3.21. The topological polar surface area (TPSA) is 19.4 Å². The zero-order valence-corrected chi connectivity index (χ0v) is 15.2.